The number of hydrogen-bond donors (Lipinski definition) is 1. The van der Waals surface area contributed by atoms with Crippen molar-refractivity contribution >= 4 is 5.69 Å². The van der Waals surface area contributed by atoms with Crippen LogP contribution in [0.25, 0.3) is 0 Å². The van der Waals surface area contributed by atoms with Gasteiger partial charge in [-0.15, -0.1) is 0 Å². The number of nitrogens with one attached hydrogen (secondary N) is 1. The van der Waals surface area contributed by atoms with Crippen molar-refractivity contribution in [3.05, 3.63) is 29.1 Å². The van der Waals surface area contributed by atoms with E-state index in [2.05, 4.69) is 5.32 Å². The highest BCUT2D eigenvalue weighted by Gasteiger charge is 2.29. The summed E-state index contributed by atoms with van der Waals surface area (Å²) in [5, 5.41) is 3.16. The highest BCUT2D eigenvalue weighted by Crippen LogP contribution is 2.30. The second-order valence-electron chi connectivity index (χ2n) is 4.75. The van der Waals surface area contributed by atoms with Gasteiger partial charge in [0, 0.05) is 25.7 Å². The van der Waals surface area contributed by atoms with Gasteiger partial charge in [0.25, 0.3) is 0 Å². The maximum atomic E-state index is 13.7. The molecule has 0 amide bonds. The zero-order chi connectivity index (χ0) is 14.9. The molecule has 1 aromatic carbocycles. The van der Waals surface area contributed by atoms with Gasteiger partial charge in [-0.3, -0.25) is 0 Å². The summed E-state index contributed by atoms with van der Waals surface area (Å²) >= 11 is 0. The molecule has 0 radical (unpaired) electrons. The SMILES string of the molecule is CCC1CCN(c2c(F)c(F)c(F)c(F)c2F)CCN1. The highest BCUT2D eigenvalue weighted by molar-refractivity contribution is 5.50. The van der Waals surface area contributed by atoms with E-state index in [0.29, 0.717) is 13.0 Å². The Morgan fingerprint density at radius 2 is 1.50 bits per heavy atom. The van der Waals surface area contributed by atoms with E-state index in [-0.39, 0.29) is 19.1 Å². The Kier molecular flexibility index (Phi) is 4.47. The molecule has 1 heterocycles. The van der Waals surface area contributed by atoms with Gasteiger partial charge in [0.15, 0.2) is 23.3 Å². The van der Waals surface area contributed by atoms with Gasteiger partial charge in [-0.25, -0.2) is 22.0 Å². The molecule has 0 aromatic heterocycles. The Morgan fingerprint density at radius 3 is 2.05 bits per heavy atom. The standard InChI is InChI=1S/C13H15F5N2/c1-2-7-3-5-20(6-4-19-7)13-11(17)9(15)8(14)10(16)12(13)18/h7,19H,2-6H2,1H3. The Hall–Kier alpha value is -1.37. The number of rotatable bonds is 2. The lowest BCUT2D eigenvalue weighted by Crippen LogP contribution is -2.31. The Labute approximate surface area is 113 Å². The molecule has 20 heavy (non-hydrogen) atoms. The summed E-state index contributed by atoms with van der Waals surface area (Å²) in [6.07, 6.45) is 1.42. The average molecular weight is 294 g/mol. The molecule has 0 spiro atoms. The lowest BCUT2D eigenvalue weighted by molar-refractivity contribution is 0.378. The van der Waals surface area contributed by atoms with Crippen molar-refractivity contribution < 1.29 is 22.0 Å². The maximum absolute atomic E-state index is 13.7. The normalized spacial score (nSPS) is 20.1. The van der Waals surface area contributed by atoms with Crippen LogP contribution in [0.3, 0.4) is 0 Å². The van der Waals surface area contributed by atoms with Gasteiger partial charge in [-0.2, -0.15) is 0 Å². The van der Waals surface area contributed by atoms with Gasteiger partial charge < -0.3 is 10.2 Å². The van der Waals surface area contributed by atoms with Crippen LogP contribution in [0, 0.1) is 29.1 Å². The summed E-state index contributed by atoms with van der Waals surface area (Å²) in [5.41, 5.74) is -0.833. The van der Waals surface area contributed by atoms with E-state index in [1.165, 1.54) is 4.90 Å². The third kappa shape index (κ3) is 2.59. The third-order valence-corrected chi connectivity index (χ3v) is 3.56. The molecule has 2 rings (SSSR count). The van der Waals surface area contributed by atoms with Gasteiger partial charge in [-0.05, 0) is 12.8 Å². The summed E-state index contributed by atoms with van der Waals surface area (Å²) in [6, 6.07) is 0.182. The summed E-state index contributed by atoms with van der Waals surface area (Å²) in [5.74, 6) is -9.46. The van der Waals surface area contributed by atoms with Crippen LogP contribution in [0.5, 0.6) is 0 Å². The molecule has 1 fully saturated rings. The summed E-state index contributed by atoms with van der Waals surface area (Å²) in [7, 11) is 0. The lowest BCUT2D eigenvalue weighted by atomic mass is 10.1. The molecule has 0 saturated carbocycles. The predicted molar refractivity (Wildman–Crippen MR) is 65.1 cm³/mol. The fourth-order valence-electron chi connectivity index (χ4n) is 2.37. The molecule has 1 saturated heterocycles. The first-order valence-electron chi connectivity index (χ1n) is 6.47. The van der Waals surface area contributed by atoms with E-state index in [9.17, 15) is 22.0 Å². The number of anilines is 1. The van der Waals surface area contributed by atoms with Crippen LogP contribution >= 0.6 is 0 Å². The molecule has 1 aliphatic rings. The van der Waals surface area contributed by atoms with Crippen LogP contribution in [0.1, 0.15) is 19.8 Å². The van der Waals surface area contributed by atoms with E-state index in [0.717, 1.165) is 6.42 Å². The lowest BCUT2D eigenvalue weighted by Gasteiger charge is -2.24. The summed E-state index contributed by atoms with van der Waals surface area (Å²) < 4.78 is 66.8. The van der Waals surface area contributed by atoms with E-state index in [1.54, 1.807) is 0 Å². The molecule has 112 valence electrons. The predicted octanol–water partition coefficient (Wildman–Crippen LogP) is 2.96. The fraction of sp³-hybridized carbons (Fsp3) is 0.538. The Balaban J connectivity index is 2.38. The second kappa shape index (κ2) is 5.95. The number of halogens is 5. The zero-order valence-electron chi connectivity index (χ0n) is 10.9. The van der Waals surface area contributed by atoms with Crippen LogP contribution in [-0.4, -0.2) is 25.7 Å². The first-order chi connectivity index (χ1) is 9.47. The molecule has 0 aliphatic carbocycles. The number of benzene rings is 1. The average Bonchev–Trinajstić information content (AvgIpc) is 2.69. The van der Waals surface area contributed by atoms with Gasteiger partial charge >= 0.3 is 0 Å². The summed E-state index contributed by atoms with van der Waals surface area (Å²) in [6.45, 7) is 2.82. The molecular formula is C13H15F5N2. The quantitative estimate of drug-likeness (QED) is 0.512. The fourth-order valence-corrected chi connectivity index (χ4v) is 2.37. The summed E-state index contributed by atoms with van der Waals surface area (Å²) in [4.78, 5) is 1.21. The molecule has 1 atom stereocenters. The molecule has 2 nitrogen and oxygen atoms in total. The topological polar surface area (TPSA) is 15.3 Å². The number of nitrogens with zero attached hydrogens (tertiary/aromatic N) is 1. The third-order valence-electron chi connectivity index (χ3n) is 3.56. The highest BCUT2D eigenvalue weighted by atomic mass is 19.2. The van der Waals surface area contributed by atoms with Crippen molar-refractivity contribution in [1.82, 2.24) is 5.32 Å². The maximum Gasteiger partial charge on any atom is 0.200 e. The van der Waals surface area contributed by atoms with Crippen molar-refractivity contribution in [2.45, 2.75) is 25.8 Å². The van der Waals surface area contributed by atoms with Crippen LogP contribution in [0.4, 0.5) is 27.6 Å². The van der Waals surface area contributed by atoms with Crippen molar-refractivity contribution in [2.75, 3.05) is 24.5 Å². The molecule has 7 heteroatoms. The smallest absolute Gasteiger partial charge is 0.200 e. The molecule has 1 aromatic rings. The first-order valence-corrected chi connectivity index (χ1v) is 6.47. The van der Waals surface area contributed by atoms with E-state index in [1.807, 2.05) is 6.92 Å². The van der Waals surface area contributed by atoms with E-state index < -0.39 is 34.8 Å². The molecule has 0 bridgehead atoms. The Bertz CT molecular complexity index is 477. The molecule has 1 unspecified atom stereocenters. The largest absolute Gasteiger partial charge is 0.365 e. The minimum absolute atomic E-state index is 0.182. The van der Waals surface area contributed by atoms with Crippen molar-refractivity contribution in [2.24, 2.45) is 0 Å². The van der Waals surface area contributed by atoms with Gasteiger partial charge in [0.2, 0.25) is 5.82 Å². The monoisotopic (exact) mass is 294 g/mol. The minimum atomic E-state index is -2.12. The minimum Gasteiger partial charge on any atom is -0.365 e. The van der Waals surface area contributed by atoms with Crippen molar-refractivity contribution in [3.63, 3.8) is 0 Å². The Morgan fingerprint density at radius 1 is 0.950 bits per heavy atom. The first kappa shape index (κ1) is 15.0. The van der Waals surface area contributed by atoms with E-state index in [4.69, 9.17) is 0 Å². The van der Waals surface area contributed by atoms with Crippen LogP contribution in [0.2, 0.25) is 0 Å². The van der Waals surface area contributed by atoms with E-state index >= 15 is 0 Å². The van der Waals surface area contributed by atoms with Crippen molar-refractivity contribution in [1.29, 1.82) is 0 Å². The zero-order valence-corrected chi connectivity index (χ0v) is 10.9. The number of hydrogen-bond acceptors (Lipinski definition) is 2. The van der Waals surface area contributed by atoms with Gasteiger partial charge in [0.05, 0.1) is 0 Å². The van der Waals surface area contributed by atoms with Gasteiger partial charge in [-0.1, -0.05) is 6.92 Å². The second-order valence-corrected chi connectivity index (χ2v) is 4.75. The molecule has 1 aliphatic heterocycles. The van der Waals surface area contributed by atoms with Crippen LogP contribution in [0.15, 0.2) is 0 Å². The molecule has 1 N–H and O–H groups in total. The molecular weight excluding hydrogens is 279 g/mol. The van der Waals surface area contributed by atoms with Gasteiger partial charge in [0.1, 0.15) is 5.69 Å². The van der Waals surface area contributed by atoms with Crippen LogP contribution < -0.4 is 10.2 Å². The van der Waals surface area contributed by atoms with Crippen molar-refractivity contribution in [3.8, 4) is 0 Å². The van der Waals surface area contributed by atoms with Crippen LogP contribution in [-0.2, 0) is 0 Å².